The zero-order chi connectivity index (χ0) is 21.6. The number of ether oxygens (including phenoxy) is 3. The van der Waals surface area contributed by atoms with Crippen molar-refractivity contribution in [3.63, 3.8) is 0 Å². The minimum atomic E-state index is -3.83. The second-order valence-corrected chi connectivity index (χ2v) is 8.73. The molecule has 6 nitrogen and oxygen atoms in total. The van der Waals surface area contributed by atoms with Crippen LogP contribution in [0.15, 0.2) is 76.1 Å². The fourth-order valence-electron chi connectivity index (χ4n) is 2.67. The third-order valence-corrected chi connectivity index (χ3v) is 5.87. The molecule has 0 amide bonds. The maximum absolute atomic E-state index is 12.9. The topological polar surface area (TPSA) is 73.9 Å². The van der Waals surface area contributed by atoms with Gasteiger partial charge in [-0.05, 0) is 80.6 Å². The van der Waals surface area contributed by atoms with Crippen molar-refractivity contribution in [3.8, 4) is 23.0 Å². The van der Waals surface area contributed by atoms with E-state index in [0.29, 0.717) is 40.6 Å². The lowest BCUT2D eigenvalue weighted by Gasteiger charge is -2.13. The molecule has 30 heavy (non-hydrogen) atoms. The van der Waals surface area contributed by atoms with Crippen LogP contribution >= 0.6 is 15.9 Å². The summed E-state index contributed by atoms with van der Waals surface area (Å²) >= 11 is 3.31. The van der Waals surface area contributed by atoms with Gasteiger partial charge in [-0.1, -0.05) is 15.9 Å². The summed E-state index contributed by atoms with van der Waals surface area (Å²) in [7, 11) is -3.83. The first-order valence-electron chi connectivity index (χ1n) is 9.37. The molecule has 8 heteroatoms. The van der Waals surface area contributed by atoms with Gasteiger partial charge in [-0.2, -0.15) is 0 Å². The van der Waals surface area contributed by atoms with Crippen molar-refractivity contribution in [2.24, 2.45) is 0 Å². The third kappa shape index (κ3) is 5.67. The van der Waals surface area contributed by atoms with Gasteiger partial charge in [0, 0.05) is 10.2 Å². The van der Waals surface area contributed by atoms with Crippen LogP contribution in [0.3, 0.4) is 0 Å². The van der Waals surface area contributed by atoms with E-state index >= 15 is 0 Å². The standard InChI is InChI=1S/C22H22BrNO5S/c1-3-27-18-10-12-20(13-11-18)29-19-8-6-17(7-9-19)24-30(25,26)22-15-16(23)5-14-21(22)28-4-2/h5-15,24H,3-4H2,1-2H3. The lowest BCUT2D eigenvalue weighted by molar-refractivity contribution is 0.331. The summed E-state index contributed by atoms with van der Waals surface area (Å²) in [5.41, 5.74) is 0.413. The van der Waals surface area contributed by atoms with Crippen molar-refractivity contribution in [2.45, 2.75) is 18.7 Å². The molecule has 0 saturated heterocycles. The molecule has 0 saturated carbocycles. The predicted octanol–water partition coefficient (Wildman–Crippen LogP) is 5.84. The van der Waals surface area contributed by atoms with Crippen LogP contribution in [-0.4, -0.2) is 21.6 Å². The molecule has 0 bridgehead atoms. The van der Waals surface area contributed by atoms with Gasteiger partial charge in [0.1, 0.15) is 27.9 Å². The Kier molecular flexibility index (Phi) is 7.23. The normalized spacial score (nSPS) is 11.0. The molecule has 3 aromatic carbocycles. The SMILES string of the molecule is CCOc1ccc(Oc2ccc(NS(=O)(=O)c3cc(Br)ccc3OCC)cc2)cc1. The Labute approximate surface area is 185 Å². The van der Waals surface area contributed by atoms with Crippen LogP contribution < -0.4 is 18.9 Å². The number of hydrogen-bond acceptors (Lipinski definition) is 5. The first kappa shape index (κ1) is 22.0. The van der Waals surface area contributed by atoms with Crippen molar-refractivity contribution in [1.82, 2.24) is 0 Å². The van der Waals surface area contributed by atoms with E-state index in [0.717, 1.165) is 5.75 Å². The molecule has 3 rings (SSSR count). The lowest BCUT2D eigenvalue weighted by atomic mass is 10.3. The van der Waals surface area contributed by atoms with E-state index in [4.69, 9.17) is 14.2 Å². The molecule has 0 aliphatic carbocycles. The van der Waals surface area contributed by atoms with Crippen molar-refractivity contribution in [2.75, 3.05) is 17.9 Å². The van der Waals surface area contributed by atoms with Gasteiger partial charge in [0.2, 0.25) is 0 Å². The highest BCUT2D eigenvalue weighted by Crippen LogP contribution is 2.30. The molecule has 3 aromatic rings. The molecule has 0 atom stereocenters. The maximum atomic E-state index is 12.9. The van der Waals surface area contributed by atoms with Crippen molar-refractivity contribution in [1.29, 1.82) is 0 Å². The van der Waals surface area contributed by atoms with E-state index in [1.54, 1.807) is 43.3 Å². The minimum Gasteiger partial charge on any atom is -0.494 e. The molecule has 0 radical (unpaired) electrons. The van der Waals surface area contributed by atoms with Gasteiger partial charge in [-0.25, -0.2) is 8.42 Å². The van der Waals surface area contributed by atoms with Crippen LogP contribution in [0.4, 0.5) is 5.69 Å². The Morgan fingerprint density at radius 3 is 1.97 bits per heavy atom. The summed E-state index contributed by atoms with van der Waals surface area (Å²) in [5.74, 6) is 2.30. The van der Waals surface area contributed by atoms with Crippen LogP contribution in [0, 0.1) is 0 Å². The fraction of sp³-hybridized carbons (Fsp3) is 0.182. The van der Waals surface area contributed by atoms with Gasteiger partial charge in [0.25, 0.3) is 10.0 Å². The summed E-state index contributed by atoms with van der Waals surface area (Å²) in [6, 6.07) is 18.8. The summed E-state index contributed by atoms with van der Waals surface area (Å²) in [6.07, 6.45) is 0. The van der Waals surface area contributed by atoms with Crippen LogP contribution in [0.5, 0.6) is 23.0 Å². The van der Waals surface area contributed by atoms with Crippen molar-refractivity contribution >= 4 is 31.6 Å². The number of anilines is 1. The van der Waals surface area contributed by atoms with Gasteiger partial charge in [0.15, 0.2) is 0 Å². The average molecular weight is 492 g/mol. The summed E-state index contributed by atoms with van der Waals surface area (Å²) < 4.78 is 45.6. The largest absolute Gasteiger partial charge is 0.494 e. The quantitative estimate of drug-likeness (QED) is 0.406. The fourth-order valence-corrected chi connectivity index (χ4v) is 4.42. The highest BCUT2D eigenvalue weighted by molar-refractivity contribution is 9.10. The molecule has 1 N–H and O–H groups in total. The second-order valence-electron chi connectivity index (χ2n) is 6.16. The first-order chi connectivity index (χ1) is 14.4. The predicted molar refractivity (Wildman–Crippen MR) is 120 cm³/mol. The molecule has 0 fully saturated rings. The Morgan fingerprint density at radius 1 is 0.800 bits per heavy atom. The summed E-state index contributed by atoms with van der Waals surface area (Å²) in [4.78, 5) is 0.0634. The van der Waals surface area contributed by atoms with Crippen LogP contribution in [0.2, 0.25) is 0 Å². The van der Waals surface area contributed by atoms with E-state index in [2.05, 4.69) is 20.7 Å². The van der Waals surface area contributed by atoms with Gasteiger partial charge < -0.3 is 14.2 Å². The van der Waals surface area contributed by atoms with E-state index < -0.39 is 10.0 Å². The Morgan fingerprint density at radius 2 is 1.37 bits per heavy atom. The van der Waals surface area contributed by atoms with Crippen molar-refractivity contribution in [3.05, 3.63) is 71.2 Å². The lowest BCUT2D eigenvalue weighted by Crippen LogP contribution is -2.14. The average Bonchev–Trinajstić information content (AvgIpc) is 2.72. The van der Waals surface area contributed by atoms with Crippen molar-refractivity contribution < 1.29 is 22.6 Å². The van der Waals surface area contributed by atoms with E-state index in [1.807, 2.05) is 31.2 Å². The number of halogens is 1. The number of benzene rings is 3. The van der Waals surface area contributed by atoms with Crippen LogP contribution in [0.1, 0.15) is 13.8 Å². The zero-order valence-electron chi connectivity index (χ0n) is 16.6. The molecule has 0 heterocycles. The molecular weight excluding hydrogens is 470 g/mol. The van der Waals surface area contributed by atoms with Gasteiger partial charge in [-0.15, -0.1) is 0 Å². The smallest absolute Gasteiger partial charge is 0.265 e. The number of nitrogens with one attached hydrogen (secondary N) is 1. The Hall–Kier alpha value is -2.71. The van der Waals surface area contributed by atoms with Crippen LogP contribution in [0.25, 0.3) is 0 Å². The molecule has 0 unspecified atom stereocenters. The minimum absolute atomic E-state index is 0.0634. The second kappa shape index (κ2) is 9.86. The first-order valence-corrected chi connectivity index (χ1v) is 11.6. The van der Waals surface area contributed by atoms with E-state index in [1.165, 1.54) is 6.07 Å². The van der Waals surface area contributed by atoms with Gasteiger partial charge in [-0.3, -0.25) is 4.72 Å². The third-order valence-electron chi connectivity index (χ3n) is 3.97. The molecule has 158 valence electrons. The molecular formula is C22H22BrNO5S. The molecule has 0 aliphatic rings. The van der Waals surface area contributed by atoms with Gasteiger partial charge >= 0.3 is 0 Å². The highest BCUT2D eigenvalue weighted by atomic mass is 79.9. The number of sulfonamides is 1. The molecule has 0 spiro atoms. The summed E-state index contributed by atoms with van der Waals surface area (Å²) in [6.45, 7) is 4.69. The number of rotatable bonds is 9. The van der Waals surface area contributed by atoms with E-state index in [9.17, 15) is 8.42 Å². The number of hydrogen-bond donors (Lipinski definition) is 1. The van der Waals surface area contributed by atoms with E-state index in [-0.39, 0.29) is 4.90 Å². The monoisotopic (exact) mass is 491 g/mol. The molecule has 0 aliphatic heterocycles. The maximum Gasteiger partial charge on any atom is 0.265 e. The molecule has 0 aromatic heterocycles. The van der Waals surface area contributed by atoms with Gasteiger partial charge in [0.05, 0.1) is 13.2 Å². The zero-order valence-corrected chi connectivity index (χ0v) is 19.0. The Balaban J connectivity index is 1.73. The van der Waals surface area contributed by atoms with Crippen LogP contribution in [-0.2, 0) is 10.0 Å². The Bertz CT molecular complexity index is 1080. The highest BCUT2D eigenvalue weighted by Gasteiger charge is 2.20. The summed E-state index contributed by atoms with van der Waals surface area (Å²) in [5, 5.41) is 0.